The Kier molecular flexibility index (Phi) is 3.20. The molecule has 0 radical (unpaired) electrons. The minimum Gasteiger partial charge on any atom is -0.465 e. The van der Waals surface area contributed by atoms with Gasteiger partial charge in [-0.05, 0) is 35.9 Å². The molecule has 1 N–H and O–H groups in total. The van der Waals surface area contributed by atoms with E-state index in [0.717, 1.165) is 22.2 Å². The standard InChI is InChI=1S/C16H12ClNO2/c1-20-16(19)12-3-2-4-14-13(12)9-15(18-14)10-5-7-11(17)8-6-10/h2-9,18H,1H3. The van der Waals surface area contributed by atoms with Gasteiger partial charge in [0, 0.05) is 21.6 Å². The molecule has 0 aliphatic rings. The summed E-state index contributed by atoms with van der Waals surface area (Å²) in [4.78, 5) is 15.1. The molecule has 20 heavy (non-hydrogen) atoms. The molecule has 3 rings (SSSR count). The van der Waals surface area contributed by atoms with E-state index in [-0.39, 0.29) is 5.97 Å². The van der Waals surface area contributed by atoms with Gasteiger partial charge in [-0.3, -0.25) is 0 Å². The summed E-state index contributed by atoms with van der Waals surface area (Å²) in [5.41, 5.74) is 3.41. The second kappa shape index (κ2) is 5.02. The van der Waals surface area contributed by atoms with Gasteiger partial charge in [0.25, 0.3) is 0 Å². The van der Waals surface area contributed by atoms with Crippen molar-refractivity contribution < 1.29 is 9.53 Å². The van der Waals surface area contributed by atoms with E-state index in [2.05, 4.69) is 4.98 Å². The van der Waals surface area contributed by atoms with Crippen molar-refractivity contribution in [3.8, 4) is 11.3 Å². The number of carbonyl (C=O) groups is 1. The van der Waals surface area contributed by atoms with Crippen LogP contribution in [0.1, 0.15) is 10.4 Å². The van der Waals surface area contributed by atoms with Crippen molar-refractivity contribution >= 4 is 28.5 Å². The molecule has 0 saturated carbocycles. The fourth-order valence-corrected chi connectivity index (χ4v) is 2.35. The molecule has 0 unspecified atom stereocenters. The van der Waals surface area contributed by atoms with Crippen LogP contribution in [0.3, 0.4) is 0 Å². The summed E-state index contributed by atoms with van der Waals surface area (Å²) >= 11 is 5.89. The number of H-pyrrole nitrogens is 1. The van der Waals surface area contributed by atoms with Gasteiger partial charge in [0.15, 0.2) is 0 Å². The topological polar surface area (TPSA) is 42.1 Å². The number of rotatable bonds is 2. The lowest BCUT2D eigenvalue weighted by Gasteiger charge is -1.99. The van der Waals surface area contributed by atoms with Crippen LogP contribution in [0.2, 0.25) is 5.02 Å². The molecule has 4 heteroatoms. The maximum absolute atomic E-state index is 11.8. The van der Waals surface area contributed by atoms with E-state index in [4.69, 9.17) is 16.3 Å². The van der Waals surface area contributed by atoms with E-state index in [1.807, 2.05) is 42.5 Å². The van der Waals surface area contributed by atoms with E-state index in [1.54, 1.807) is 6.07 Å². The minimum atomic E-state index is -0.336. The summed E-state index contributed by atoms with van der Waals surface area (Å²) < 4.78 is 4.80. The summed E-state index contributed by atoms with van der Waals surface area (Å²) in [5, 5.41) is 1.55. The third kappa shape index (κ3) is 2.17. The van der Waals surface area contributed by atoms with Crippen LogP contribution in [0, 0.1) is 0 Å². The third-order valence-electron chi connectivity index (χ3n) is 3.22. The Morgan fingerprint density at radius 3 is 2.60 bits per heavy atom. The van der Waals surface area contributed by atoms with Crippen molar-refractivity contribution in [1.29, 1.82) is 0 Å². The van der Waals surface area contributed by atoms with E-state index < -0.39 is 0 Å². The zero-order valence-corrected chi connectivity index (χ0v) is 11.6. The number of esters is 1. The number of ether oxygens (including phenoxy) is 1. The number of hydrogen-bond donors (Lipinski definition) is 1. The van der Waals surface area contributed by atoms with Crippen molar-refractivity contribution in [2.75, 3.05) is 7.11 Å². The first-order valence-corrected chi connectivity index (χ1v) is 6.53. The van der Waals surface area contributed by atoms with E-state index >= 15 is 0 Å². The Labute approximate surface area is 121 Å². The molecule has 0 amide bonds. The zero-order chi connectivity index (χ0) is 14.1. The Bertz CT molecular complexity index is 775. The highest BCUT2D eigenvalue weighted by atomic mass is 35.5. The molecular weight excluding hydrogens is 274 g/mol. The van der Waals surface area contributed by atoms with Crippen LogP contribution >= 0.6 is 11.6 Å². The summed E-state index contributed by atoms with van der Waals surface area (Å²) in [7, 11) is 1.38. The van der Waals surface area contributed by atoms with Gasteiger partial charge in [-0.1, -0.05) is 29.8 Å². The number of nitrogens with one attached hydrogen (secondary N) is 1. The number of carbonyl (C=O) groups excluding carboxylic acids is 1. The number of aromatic amines is 1. The van der Waals surface area contributed by atoms with Gasteiger partial charge in [-0.15, -0.1) is 0 Å². The van der Waals surface area contributed by atoms with Gasteiger partial charge in [-0.25, -0.2) is 4.79 Å². The fraction of sp³-hybridized carbons (Fsp3) is 0.0625. The number of benzene rings is 2. The van der Waals surface area contributed by atoms with Crippen molar-refractivity contribution in [2.45, 2.75) is 0 Å². The first kappa shape index (κ1) is 12.8. The zero-order valence-electron chi connectivity index (χ0n) is 10.8. The van der Waals surface area contributed by atoms with Crippen LogP contribution in [0.5, 0.6) is 0 Å². The van der Waals surface area contributed by atoms with Gasteiger partial charge >= 0.3 is 5.97 Å². The first-order valence-electron chi connectivity index (χ1n) is 6.15. The van der Waals surface area contributed by atoms with Gasteiger partial charge in [0.05, 0.1) is 12.7 Å². The van der Waals surface area contributed by atoms with E-state index in [0.29, 0.717) is 10.6 Å². The van der Waals surface area contributed by atoms with Gasteiger partial charge in [-0.2, -0.15) is 0 Å². The molecule has 1 heterocycles. The van der Waals surface area contributed by atoms with Crippen LogP contribution < -0.4 is 0 Å². The number of fused-ring (bicyclic) bond motifs is 1. The molecule has 0 bridgehead atoms. The van der Waals surface area contributed by atoms with Crippen molar-refractivity contribution in [1.82, 2.24) is 4.98 Å². The Morgan fingerprint density at radius 2 is 1.90 bits per heavy atom. The largest absolute Gasteiger partial charge is 0.465 e. The predicted octanol–water partition coefficient (Wildman–Crippen LogP) is 4.27. The Hall–Kier alpha value is -2.26. The van der Waals surface area contributed by atoms with Gasteiger partial charge in [0.1, 0.15) is 0 Å². The van der Waals surface area contributed by atoms with Crippen LogP contribution in [0.15, 0.2) is 48.5 Å². The quantitative estimate of drug-likeness (QED) is 0.714. The predicted molar refractivity (Wildman–Crippen MR) is 80.1 cm³/mol. The molecule has 0 saturated heterocycles. The minimum absolute atomic E-state index is 0.336. The van der Waals surface area contributed by atoms with E-state index in [9.17, 15) is 4.79 Å². The highest BCUT2D eigenvalue weighted by Gasteiger charge is 2.12. The highest BCUT2D eigenvalue weighted by Crippen LogP contribution is 2.27. The summed E-state index contributed by atoms with van der Waals surface area (Å²) in [5.74, 6) is -0.336. The Morgan fingerprint density at radius 1 is 1.15 bits per heavy atom. The van der Waals surface area contributed by atoms with Crippen LogP contribution in [0.25, 0.3) is 22.2 Å². The lowest BCUT2D eigenvalue weighted by atomic mass is 10.1. The summed E-state index contributed by atoms with van der Waals surface area (Å²) in [6.45, 7) is 0. The summed E-state index contributed by atoms with van der Waals surface area (Å²) in [6.07, 6.45) is 0. The molecule has 0 aliphatic carbocycles. The van der Waals surface area contributed by atoms with Crippen molar-refractivity contribution in [2.24, 2.45) is 0 Å². The number of aromatic nitrogens is 1. The molecule has 1 aromatic heterocycles. The number of halogens is 1. The number of hydrogen-bond acceptors (Lipinski definition) is 2. The Balaban J connectivity index is 2.15. The van der Waals surface area contributed by atoms with Crippen LogP contribution in [0.4, 0.5) is 0 Å². The molecule has 100 valence electrons. The second-order valence-corrected chi connectivity index (χ2v) is 4.88. The van der Waals surface area contributed by atoms with Crippen molar-refractivity contribution in [3.05, 3.63) is 59.1 Å². The molecule has 0 fully saturated rings. The molecule has 3 aromatic rings. The average molecular weight is 286 g/mol. The molecule has 0 spiro atoms. The lowest BCUT2D eigenvalue weighted by Crippen LogP contribution is -2.00. The highest BCUT2D eigenvalue weighted by molar-refractivity contribution is 6.30. The normalized spacial score (nSPS) is 10.7. The van der Waals surface area contributed by atoms with Crippen LogP contribution in [-0.2, 0) is 4.74 Å². The first-order chi connectivity index (χ1) is 9.69. The maximum Gasteiger partial charge on any atom is 0.338 e. The second-order valence-electron chi connectivity index (χ2n) is 4.45. The lowest BCUT2D eigenvalue weighted by molar-refractivity contribution is 0.0603. The smallest absolute Gasteiger partial charge is 0.338 e. The molecule has 3 nitrogen and oxygen atoms in total. The fourth-order valence-electron chi connectivity index (χ4n) is 2.23. The average Bonchev–Trinajstić information content (AvgIpc) is 2.91. The summed E-state index contributed by atoms with van der Waals surface area (Å²) in [6, 6.07) is 15.0. The monoisotopic (exact) mass is 285 g/mol. The number of methoxy groups -OCH3 is 1. The molecule has 0 atom stereocenters. The molecule has 2 aromatic carbocycles. The maximum atomic E-state index is 11.8. The van der Waals surface area contributed by atoms with E-state index in [1.165, 1.54) is 7.11 Å². The van der Waals surface area contributed by atoms with Gasteiger partial charge < -0.3 is 9.72 Å². The van der Waals surface area contributed by atoms with Crippen molar-refractivity contribution in [3.63, 3.8) is 0 Å². The molecule has 0 aliphatic heterocycles. The van der Waals surface area contributed by atoms with Crippen LogP contribution in [-0.4, -0.2) is 18.1 Å². The third-order valence-corrected chi connectivity index (χ3v) is 3.48. The SMILES string of the molecule is COC(=O)c1cccc2[nH]c(-c3ccc(Cl)cc3)cc12. The molecular formula is C16H12ClNO2. The van der Waals surface area contributed by atoms with Gasteiger partial charge in [0.2, 0.25) is 0 Å².